The van der Waals surface area contributed by atoms with Gasteiger partial charge in [-0.3, -0.25) is 0 Å². The normalized spacial score (nSPS) is 10.7. The van der Waals surface area contributed by atoms with Crippen molar-refractivity contribution in [1.82, 2.24) is 34.5 Å². The zero-order valence-electron chi connectivity index (χ0n) is 12.9. The van der Waals surface area contributed by atoms with Gasteiger partial charge in [-0.2, -0.15) is 15.2 Å². The number of aromatic nitrogens is 7. The van der Waals surface area contributed by atoms with E-state index in [1.165, 1.54) is 6.33 Å². The minimum Gasteiger partial charge on any atom is -0.324 e. The van der Waals surface area contributed by atoms with Crippen LogP contribution in [0, 0.1) is 6.92 Å². The van der Waals surface area contributed by atoms with E-state index in [9.17, 15) is 0 Å². The largest absolute Gasteiger partial charge is 0.324 e. The Morgan fingerprint density at radius 2 is 1.88 bits per heavy atom. The van der Waals surface area contributed by atoms with Gasteiger partial charge in [0, 0.05) is 24.1 Å². The molecule has 3 aromatic heterocycles. The molecule has 4 aromatic rings. The quantitative estimate of drug-likeness (QED) is 0.621. The van der Waals surface area contributed by atoms with Crippen molar-refractivity contribution < 1.29 is 0 Å². The topological polar surface area (TPSA) is 86.3 Å². The third kappa shape index (κ3) is 2.84. The number of rotatable bonds is 4. The van der Waals surface area contributed by atoms with E-state index in [4.69, 9.17) is 0 Å². The van der Waals surface area contributed by atoms with E-state index in [0.717, 1.165) is 17.1 Å². The highest BCUT2D eigenvalue weighted by molar-refractivity contribution is 5.55. The second-order valence-electron chi connectivity index (χ2n) is 5.15. The zero-order valence-corrected chi connectivity index (χ0v) is 12.9. The van der Waals surface area contributed by atoms with Crippen LogP contribution in [-0.2, 0) is 0 Å². The first kappa shape index (κ1) is 14.1. The van der Waals surface area contributed by atoms with Crippen LogP contribution in [0.1, 0.15) is 5.69 Å². The Bertz CT molecular complexity index is 940. The Hall–Kier alpha value is -3.55. The van der Waals surface area contributed by atoms with Gasteiger partial charge in [0.1, 0.15) is 12.7 Å². The van der Waals surface area contributed by atoms with Gasteiger partial charge in [0.05, 0.1) is 11.4 Å². The van der Waals surface area contributed by atoms with Crippen molar-refractivity contribution in [1.29, 1.82) is 0 Å². The fourth-order valence-corrected chi connectivity index (χ4v) is 2.25. The van der Waals surface area contributed by atoms with Crippen molar-refractivity contribution >= 4 is 11.6 Å². The van der Waals surface area contributed by atoms with E-state index >= 15 is 0 Å². The first-order chi connectivity index (χ1) is 11.8. The monoisotopic (exact) mass is 318 g/mol. The van der Waals surface area contributed by atoms with Crippen molar-refractivity contribution in [3.8, 4) is 11.5 Å². The first-order valence-electron chi connectivity index (χ1n) is 7.36. The molecule has 0 spiro atoms. The van der Waals surface area contributed by atoms with E-state index in [1.54, 1.807) is 21.9 Å². The molecule has 0 aliphatic carbocycles. The maximum Gasteiger partial charge on any atom is 0.229 e. The number of hydrogen-bond acceptors (Lipinski definition) is 6. The van der Waals surface area contributed by atoms with Gasteiger partial charge >= 0.3 is 0 Å². The number of nitrogens with one attached hydrogen (secondary N) is 1. The van der Waals surface area contributed by atoms with Crippen LogP contribution in [0.4, 0.5) is 11.6 Å². The molecule has 8 nitrogen and oxygen atoms in total. The smallest absolute Gasteiger partial charge is 0.229 e. The highest BCUT2D eigenvalue weighted by Gasteiger charge is 2.04. The Kier molecular flexibility index (Phi) is 3.47. The standard InChI is InChI=1S/C16H14N8/c1-12-7-9-23(22-12)15-6-8-18-16(21-15)20-13-2-4-14(5-3-13)24-11-17-10-19-24/h2-11H,1H3,(H,18,20,21). The lowest BCUT2D eigenvalue weighted by Crippen LogP contribution is -2.03. The van der Waals surface area contributed by atoms with E-state index < -0.39 is 0 Å². The van der Waals surface area contributed by atoms with E-state index in [-0.39, 0.29) is 0 Å². The molecule has 0 aliphatic rings. The first-order valence-corrected chi connectivity index (χ1v) is 7.36. The number of benzene rings is 1. The van der Waals surface area contributed by atoms with E-state index in [1.807, 2.05) is 49.5 Å². The Morgan fingerprint density at radius 3 is 2.58 bits per heavy atom. The predicted molar refractivity (Wildman–Crippen MR) is 88.5 cm³/mol. The molecule has 0 unspecified atom stereocenters. The summed E-state index contributed by atoms with van der Waals surface area (Å²) in [4.78, 5) is 12.7. The average molecular weight is 318 g/mol. The van der Waals surface area contributed by atoms with Crippen LogP contribution >= 0.6 is 0 Å². The summed E-state index contributed by atoms with van der Waals surface area (Å²) >= 11 is 0. The van der Waals surface area contributed by atoms with E-state index in [2.05, 4.69) is 30.5 Å². The SMILES string of the molecule is Cc1ccn(-c2ccnc(Nc3ccc(-n4cncn4)cc3)n2)n1. The number of hydrogen-bond donors (Lipinski definition) is 1. The van der Waals surface area contributed by atoms with Crippen LogP contribution in [0.25, 0.3) is 11.5 Å². The van der Waals surface area contributed by atoms with Gasteiger partial charge in [0.15, 0.2) is 5.82 Å². The molecule has 0 amide bonds. The van der Waals surface area contributed by atoms with Crippen molar-refractivity contribution in [2.45, 2.75) is 6.92 Å². The lowest BCUT2D eigenvalue weighted by atomic mass is 10.3. The molecule has 24 heavy (non-hydrogen) atoms. The second kappa shape index (κ2) is 5.92. The van der Waals surface area contributed by atoms with Crippen molar-refractivity contribution in [2.75, 3.05) is 5.32 Å². The maximum atomic E-state index is 4.47. The molecule has 4 rings (SSSR count). The van der Waals surface area contributed by atoms with Gasteiger partial charge in [-0.15, -0.1) is 0 Å². The highest BCUT2D eigenvalue weighted by atomic mass is 15.3. The molecular weight excluding hydrogens is 304 g/mol. The fraction of sp³-hybridized carbons (Fsp3) is 0.0625. The second-order valence-corrected chi connectivity index (χ2v) is 5.15. The molecule has 118 valence electrons. The Labute approximate surface area is 137 Å². The molecule has 0 atom stereocenters. The third-order valence-electron chi connectivity index (χ3n) is 3.40. The molecule has 3 heterocycles. The Morgan fingerprint density at radius 1 is 1.00 bits per heavy atom. The van der Waals surface area contributed by atoms with E-state index in [0.29, 0.717) is 11.8 Å². The third-order valence-corrected chi connectivity index (χ3v) is 3.40. The van der Waals surface area contributed by atoms with Crippen LogP contribution in [0.3, 0.4) is 0 Å². The van der Waals surface area contributed by atoms with Crippen molar-refractivity contribution in [3.05, 3.63) is 67.1 Å². The summed E-state index contributed by atoms with van der Waals surface area (Å²) in [6, 6.07) is 11.5. The van der Waals surface area contributed by atoms with Crippen LogP contribution in [0.5, 0.6) is 0 Å². The number of anilines is 2. The molecule has 1 N–H and O–H groups in total. The molecule has 0 aliphatic heterocycles. The average Bonchev–Trinajstić information content (AvgIpc) is 3.28. The minimum atomic E-state index is 0.508. The number of aryl methyl sites for hydroxylation is 1. The van der Waals surface area contributed by atoms with Gasteiger partial charge in [-0.05, 0) is 37.3 Å². The molecule has 0 saturated carbocycles. The fourth-order valence-electron chi connectivity index (χ4n) is 2.25. The summed E-state index contributed by atoms with van der Waals surface area (Å²) < 4.78 is 3.41. The lowest BCUT2D eigenvalue weighted by Gasteiger charge is -2.07. The summed E-state index contributed by atoms with van der Waals surface area (Å²) in [5, 5.41) is 11.6. The van der Waals surface area contributed by atoms with Crippen molar-refractivity contribution in [3.63, 3.8) is 0 Å². The Balaban J connectivity index is 1.55. The predicted octanol–water partition coefficient (Wildman–Crippen LogP) is 2.30. The van der Waals surface area contributed by atoms with Crippen molar-refractivity contribution in [2.24, 2.45) is 0 Å². The van der Waals surface area contributed by atoms with Crippen LogP contribution in [-0.4, -0.2) is 34.5 Å². The maximum absolute atomic E-state index is 4.47. The van der Waals surface area contributed by atoms with Gasteiger partial charge in [-0.1, -0.05) is 0 Å². The molecule has 8 heteroatoms. The van der Waals surface area contributed by atoms with Crippen LogP contribution in [0.15, 0.2) is 61.4 Å². The van der Waals surface area contributed by atoms with Crippen LogP contribution in [0.2, 0.25) is 0 Å². The lowest BCUT2D eigenvalue weighted by molar-refractivity contribution is 0.828. The zero-order chi connectivity index (χ0) is 16.4. The number of nitrogens with zero attached hydrogens (tertiary/aromatic N) is 7. The summed E-state index contributed by atoms with van der Waals surface area (Å²) in [5.41, 5.74) is 2.75. The minimum absolute atomic E-state index is 0.508. The van der Waals surface area contributed by atoms with Gasteiger partial charge < -0.3 is 5.32 Å². The van der Waals surface area contributed by atoms with Gasteiger partial charge in [0.25, 0.3) is 0 Å². The van der Waals surface area contributed by atoms with Crippen LogP contribution < -0.4 is 5.32 Å². The molecular formula is C16H14N8. The summed E-state index contributed by atoms with van der Waals surface area (Å²) in [6.45, 7) is 1.94. The molecule has 0 saturated heterocycles. The van der Waals surface area contributed by atoms with Gasteiger partial charge in [-0.25, -0.2) is 19.3 Å². The summed E-state index contributed by atoms with van der Waals surface area (Å²) in [7, 11) is 0. The molecule has 1 aromatic carbocycles. The molecule has 0 bridgehead atoms. The molecule has 0 radical (unpaired) electrons. The summed E-state index contributed by atoms with van der Waals surface area (Å²) in [5.74, 6) is 1.22. The molecule has 0 fully saturated rings. The van der Waals surface area contributed by atoms with Gasteiger partial charge in [0.2, 0.25) is 5.95 Å². The highest BCUT2D eigenvalue weighted by Crippen LogP contribution is 2.16. The summed E-state index contributed by atoms with van der Waals surface area (Å²) in [6.07, 6.45) is 6.73.